The fourth-order valence-electron chi connectivity index (χ4n) is 2.30. The van der Waals surface area contributed by atoms with E-state index >= 15 is 0 Å². The maximum atomic E-state index is 14.0. The summed E-state index contributed by atoms with van der Waals surface area (Å²) >= 11 is 5.81. The van der Waals surface area contributed by atoms with Crippen LogP contribution in [0, 0.1) is 12.7 Å². The molecule has 4 heteroatoms. The van der Waals surface area contributed by atoms with Gasteiger partial charge in [-0.15, -0.1) is 0 Å². The number of aryl methyl sites for hydroxylation is 1. The Balaban J connectivity index is 2.23. The molecule has 1 heterocycles. The molecule has 2 aromatic rings. The molecule has 1 atom stereocenters. The number of aromatic nitrogens is 1. The third kappa shape index (κ3) is 4.51. The summed E-state index contributed by atoms with van der Waals surface area (Å²) < 4.78 is 14.0. The van der Waals surface area contributed by atoms with Gasteiger partial charge in [0, 0.05) is 23.5 Å². The molecular weight excluding hydrogens is 287 g/mol. The summed E-state index contributed by atoms with van der Waals surface area (Å²) in [5.41, 5.74) is 2.85. The Morgan fingerprint density at radius 2 is 2.10 bits per heavy atom. The third-order valence-corrected chi connectivity index (χ3v) is 3.61. The molecule has 2 nitrogen and oxygen atoms in total. The van der Waals surface area contributed by atoms with E-state index in [2.05, 4.69) is 23.3 Å². The largest absolute Gasteiger partial charge is 0.310 e. The Morgan fingerprint density at radius 1 is 1.29 bits per heavy atom. The van der Waals surface area contributed by atoms with Crippen molar-refractivity contribution in [2.75, 3.05) is 6.54 Å². The van der Waals surface area contributed by atoms with Crippen LogP contribution < -0.4 is 5.32 Å². The van der Waals surface area contributed by atoms with Crippen LogP contribution in [0.4, 0.5) is 4.39 Å². The molecule has 0 aliphatic rings. The fourth-order valence-corrected chi connectivity index (χ4v) is 2.46. The number of nitrogens with one attached hydrogen (secondary N) is 1. The van der Waals surface area contributed by atoms with Gasteiger partial charge in [0.15, 0.2) is 0 Å². The summed E-state index contributed by atoms with van der Waals surface area (Å²) in [5, 5.41) is 3.89. The van der Waals surface area contributed by atoms with Crippen LogP contribution in [-0.4, -0.2) is 11.5 Å². The first-order valence-corrected chi connectivity index (χ1v) is 7.56. The second kappa shape index (κ2) is 7.53. The summed E-state index contributed by atoms with van der Waals surface area (Å²) in [5.74, 6) is -0.258. The number of pyridine rings is 1. The second-order valence-electron chi connectivity index (χ2n) is 5.24. The zero-order valence-corrected chi connectivity index (χ0v) is 13.1. The van der Waals surface area contributed by atoms with Crippen molar-refractivity contribution in [3.63, 3.8) is 0 Å². The van der Waals surface area contributed by atoms with E-state index in [0.717, 1.165) is 24.1 Å². The minimum atomic E-state index is -0.258. The van der Waals surface area contributed by atoms with Gasteiger partial charge in [-0.1, -0.05) is 30.7 Å². The van der Waals surface area contributed by atoms with E-state index in [4.69, 9.17) is 11.6 Å². The van der Waals surface area contributed by atoms with Gasteiger partial charge in [-0.25, -0.2) is 4.39 Å². The minimum absolute atomic E-state index is 0.0491. The number of rotatable bonds is 6. The summed E-state index contributed by atoms with van der Waals surface area (Å²) in [6, 6.07) is 6.98. The average Bonchev–Trinajstić information content (AvgIpc) is 2.45. The van der Waals surface area contributed by atoms with Crippen molar-refractivity contribution in [2.45, 2.75) is 32.7 Å². The average molecular weight is 307 g/mol. The van der Waals surface area contributed by atoms with E-state index in [1.54, 1.807) is 12.1 Å². The summed E-state index contributed by atoms with van der Waals surface area (Å²) in [6.45, 7) is 5.01. The highest BCUT2D eigenvalue weighted by atomic mass is 35.5. The van der Waals surface area contributed by atoms with Crippen molar-refractivity contribution in [1.29, 1.82) is 0 Å². The van der Waals surface area contributed by atoms with E-state index in [9.17, 15) is 4.39 Å². The van der Waals surface area contributed by atoms with Gasteiger partial charge in [-0.3, -0.25) is 4.98 Å². The van der Waals surface area contributed by atoms with Gasteiger partial charge in [-0.2, -0.15) is 0 Å². The molecule has 0 spiro atoms. The second-order valence-corrected chi connectivity index (χ2v) is 5.68. The molecule has 0 bridgehead atoms. The van der Waals surface area contributed by atoms with Gasteiger partial charge < -0.3 is 5.32 Å². The highest BCUT2D eigenvalue weighted by Crippen LogP contribution is 2.22. The number of halogens is 2. The molecule has 0 amide bonds. The highest BCUT2D eigenvalue weighted by Gasteiger charge is 2.15. The first-order valence-electron chi connectivity index (χ1n) is 7.19. The van der Waals surface area contributed by atoms with Crippen LogP contribution in [0.5, 0.6) is 0 Å². The number of benzene rings is 1. The Hall–Kier alpha value is -1.45. The Labute approximate surface area is 130 Å². The lowest BCUT2D eigenvalue weighted by Gasteiger charge is -2.19. The summed E-state index contributed by atoms with van der Waals surface area (Å²) in [7, 11) is 0. The van der Waals surface area contributed by atoms with E-state index in [0.29, 0.717) is 17.0 Å². The van der Waals surface area contributed by atoms with Crippen LogP contribution in [-0.2, 0) is 6.42 Å². The molecule has 0 saturated carbocycles. The minimum Gasteiger partial charge on any atom is -0.310 e. The maximum Gasteiger partial charge on any atom is 0.127 e. The SMILES string of the molecule is CCCNC(Cc1ccc(Cl)cc1F)c1cncc(C)c1. The van der Waals surface area contributed by atoms with Crippen LogP contribution in [0.3, 0.4) is 0 Å². The lowest BCUT2D eigenvalue weighted by atomic mass is 9.99. The molecule has 112 valence electrons. The van der Waals surface area contributed by atoms with Gasteiger partial charge in [0.1, 0.15) is 5.82 Å². The molecule has 1 N–H and O–H groups in total. The van der Waals surface area contributed by atoms with Crippen molar-refractivity contribution in [3.8, 4) is 0 Å². The molecule has 1 aromatic carbocycles. The highest BCUT2D eigenvalue weighted by molar-refractivity contribution is 6.30. The Morgan fingerprint density at radius 3 is 2.76 bits per heavy atom. The van der Waals surface area contributed by atoms with Crippen LogP contribution in [0.25, 0.3) is 0 Å². The van der Waals surface area contributed by atoms with E-state index in [-0.39, 0.29) is 11.9 Å². The molecule has 21 heavy (non-hydrogen) atoms. The lowest BCUT2D eigenvalue weighted by molar-refractivity contribution is 0.511. The predicted molar refractivity (Wildman–Crippen MR) is 85.1 cm³/mol. The quantitative estimate of drug-likeness (QED) is 0.852. The van der Waals surface area contributed by atoms with Crippen molar-refractivity contribution in [2.24, 2.45) is 0 Å². The van der Waals surface area contributed by atoms with Crippen LogP contribution in [0.2, 0.25) is 5.02 Å². The number of hydrogen-bond acceptors (Lipinski definition) is 2. The zero-order valence-electron chi connectivity index (χ0n) is 12.4. The third-order valence-electron chi connectivity index (χ3n) is 3.38. The maximum absolute atomic E-state index is 14.0. The zero-order chi connectivity index (χ0) is 15.2. The van der Waals surface area contributed by atoms with Crippen LogP contribution in [0.1, 0.15) is 36.1 Å². The first-order chi connectivity index (χ1) is 10.1. The van der Waals surface area contributed by atoms with Crippen molar-refractivity contribution < 1.29 is 4.39 Å². The molecule has 0 fully saturated rings. The van der Waals surface area contributed by atoms with Crippen LogP contribution in [0.15, 0.2) is 36.7 Å². The predicted octanol–water partition coefficient (Wildman–Crippen LogP) is 4.47. The van der Waals surface area contributed by atoms with Crippen molar-refractivity contribution in [1.82, 2.24) is 10.3 Å². The van der Waals surface area contributed by atoms with E-state index in [1.807, 2.05) is 19.3 Å². The molecule has 0 aliphatic carbocycles. The first kappa shape index (κ1) is 15.9. The number of nitrogens with zero attached hydrogens (tertiary/aromatic N) is 1. The van der Waals surface area contributed by atoms with E-state index in [1.165, 1.54) is 6.07 Å². The molecule has 0 saturated heterocycles. The molecule has 2 rings (SSSR count). The van der Waals surface area contributed by atoms with Gasteiger partial charge in [0.05, 0.1) is 0 Å². The molecule has 0 aliphatic heterocycles. The van der Waals surface area contributed by atoms with Crippen LogP contribution >= 0.6 is 11.6 Å². The van der Waals surface area contributed by atoms with Gasteiger partial charge in [-0.05, 0) is 55.1 Å². The Kier molecular flexibility index (Phi) is 5.71. The van der Waals surface area contributed by atoms with E-state index < -0.39 is 0 Å². The smallest absolute Gasteiger partial charge is 0.127 e. The van der Waals surface area contributed by atoms with Gasteiger partial charge in [0.25, 0.3) is 0 Å². The normalized spacial score (nSPS) is 12.4. The summed E-state index contributed by atoms with van der Waals surface area (Å²) in [6.07, 6.45) is 5.27. The van der Waals surface area contributed by atoms with Crippen molar-refractivity contribution >= 4 is 11.6 Å². The van der Waals surface area contributed by atoms with Gasteiger partial charge in [0.2, 0.25) is 0 Å². The molecular formula is C17H20ClFN2. The summed E-state index contributed by atoms with van der Waals surface area (Å²) in [4.78, 5) is 4.24. The molecule has 1 unspecified atom stereocenters. The fraction of sp³-hybridized carbons (Fsp3) is 0.353. The molecule has 0 radical (unpaired) electrons. The topological polar surface area (TPSA) is 24.9 Å². The standard InChI is InChI=1S/C17H20ClFN2/c1-3-6-21-17(14-7-12(2)10-20-11-14)8-13-4-5-15(18)9-16(13)19/h4-5,7,9-11,17,21H,3,6,8H2,1-2H3. The van der Waals surface area contributed by atoms with Gasteiger partial charge >= 0.3 is 0 Å². The number of hydrogen-bond donors (Lipinski definition) is 1. The Bertz CT molecular complexity index is 601. The van der Waals surface area contributed by atoms with Crippen molar-refractivity contribution in [3.05, 3.63) is 64.2 Å². The monoisotopic (exact) mass is 306 g/mol. The molecule has 1 aromatic heterocycles. The lowest BCUT2D eigenvalue weighted by Crippen LogP contribution is -2.24.